The van der Waals surface area contributed by atoms with Crippen LogP contribution in [0.15, 0.2) is 0 Å². The van der Waals surface area contributed by atoms with Crippen LogP contribution in [0.5, 0.6) is 0 Å². The number of urea groups is 1. The van der Waals surface area contributed by atoms with E-state index in [4.69, 9.17) is 0 Å². The van der Waals surface area contributed by atoms with E-state index in [1.54, 1.807) is 4.90 Å². The van der Waals surface area contributed by atoms with E-state index in [9.17, 15) is 9.59 Å². The largest absolute Gasteiger partial charge is 0.329 e. The highest BCUT2D eigenvalue weighted by Gasteiger charge is 2.45. The van der Waals surface area contributed by atoms with Crippen LogP contribution >= 0.6 is 0 Å². The van der Waals surface area contributed by atoms with Gasteiger partial charge in [0, 0.05) is 0 Å². The molecule has 1 atom stereocenters. The zero-order valence-electron chi connectivity index (χ0n) is 33.9. The fraction of sp³-hybridized carbons (Fsp3) is 0.953. The molecule has 6 nitrogen and oxygen atoms in total. The first kappa shape index (κ1) is 45.9. The first-order valence-corrected chi connectivity index (χ1v) is 22.1. The summed E-state index contributed by atoms with van der Waals surface area (Å²) in [6.07, 6.45) is 35.9. The number of unbranched alkanes of at least 4 members (excludes halogenated alkanes) is 23. The minimum atomic E-state index is -0.300. The monoisotopic (exact) mass is 691 g/mol. The number of carbonyl (C=O) groups is 2. The summed E-state index contributed by atoms with van der Waals surface area (Å²) in [5, 5.41) is 0. The topological polar surface area (TPSA) is 47.1 Å². The molecule has 0 aromatic rings. The zero-order valence-corrected chi connectivity index (χ0v) is 33.9. The van der Waals surface area contributed by atoms with Crippen LogP contribution < -0.4 is 0 Å². The molecule has 0 spiro atoms. The molecule has 6 heteroatoms. The summed E-state index contributed by atoms with van der Waals surface area (Å²) in [5.41, 5.74) is 0. The van der Waals surface area contributed by atoms with Crippen LogP contribution in [0.1, 0.15) is 221 Å². The minimum Gasteiger partial charge on any atom is -0.299 e. The summed E-state index contributed by atoms with van der Waals surface area (Å²) in [5.74, 6) is 0.0662. The summed E-state index contributed by atoms with van der Waals surface area (Å²) in [4.78, 5) is 37.0. The molecule has 1 fully saturated rings. The Bertz CT molecular complexity index is 730. The fourth-order valence-corrected chi connectivity index (χ4v) is 7.41. The van der Waals surface area contributed by atoms with Crippen molar-refractivity contribution < 1.29 is 9.59 Å². The van der Waals surface area contributed by atoms with Gasteiger partial charge >= 0.3 is 6.03 Å². The molecule has 0 aromatic heterocycles. The van der Waals surface area contributed by atoms with Crippen LogP contribution in [0.2, 0.25) is 0 Å². The predicted octanol–water partition coefficient (Wildman–Crippen LogP) is 12.6. The van der Waals surface area contributed by atoms with Crippen molar-refractivity contribution in [3.05, 3.63) is 0 Å². The fourth-order valence-electron chi connectivity index (χ4n) is 7.41. The van der Waals surface area contributed by atoms with Gasteiger partial charge in [0.2, 0.25) is 0 Å². The van der Waals surface area contributed by atoms with Gasteiger partial charge in [-0.2, -0.15) is 0 Å². The van der Waals surface area contributed by atoms with E-state index in [1.165, 1.54) is 154 Å². The van der Waals surface area contributed by atoms with Gasteiger partial charge in [-0.15, -0.1) is 0 Å². The summed E-state index contributed by atoms with van der Waals surface area (Å²) in [7, 11) is 0. The molecular formula is C43H86N4O2. The average molecular weight is 691 g/mol. The van der Waals surface area contributed by atoms with E-state index in [0.717, 1.165) is 58.3 Å². The molecule has 1 aliphatic heterocycles. The van der Waals surface area contributed by atoms with Crippen LogP contribution in [0.4, 0.5) is 4.79 Å². The standard InChI is InChI=1S/C43H86N4O2/c1-6-11-16-21-25-30-35-44(36-31-26-22-17-12-7-2)39-46-41(34-29-20-15-10-5)42(48)47(43(46)49)40-45(37-32-27-23-18-13-8-3)38-33-28-24-19-14-9-4/h41H,6-40H2,1-5H3. The lowest BCUT2D eigenvalue weighted by Crippen LogP contribution is -2.46. The number of imide groups is 1. The predicted molar refractivity (Wildman–Crippen MR) is 213 cm³/mol. The number of hydrogen-bond donors (Lipinski definition) is 0. The number of nitrogens with zero attached hydrogens (tertiary/aromatic N) is 4. The van der Waals surface area contributed by atoms with E-state index in [-0.39, 0.29) is 18.0 Å². The molecule has 3 amide bonds. The van der Waals surface area contributed by atoms with Gasteiger partial charge in [0.05, 0.1) is 13.3 Å². The van der Waals surface area contributed by atoms with Gasteiger partial charge in [0.15, 0.2) is 0 Å². The highest BCUT2D eigenvalue weighted by Crippen LogP contribution is 2.25. The lowest BCUT2D eigenvalue weighted by molar-refractivity contribution is -0.130. The molecule has 290 valence electrons. The average Bonchev–Trinajstić information content (AvgIpc) is 3.31. The summed E-state index contributed by atoms with van der Waals surface area (Å²) >= 11 is 0. The minimum absolute atomic E-state index is 0.0303. The lowest BCUT2D eigenvalue weighted by Gasteiger charge is -2.31. The van der Waals surface area contributed by atoms with Crippen molar-refractivity contribution in [3.8, 4) is 0 Å². The SMILES string of the molecule is CCCCCCCCN(CCCCCCCC)CN1C(=O)C(CCCCCC)N(CN(CCCCCCCC)CCCCCCCC)C1=O. The molecule has 49 heavy (non-hydrogen) atoms. The van der Waals surface area contributed by atoms with Crippen molar-refractivity contribution in [2.24, 2.45) is 0 Å². The van der Waals surface area contributed by atoms with Gasteiger partial charge in [-0.3, -0.25) is 19.5 Å². The maximum Gasteiger partial charge on any atom is 0.329 e. The molecule has 0 bridgehead atoms. The quantitative estimate of drug-likeness (QED) is 0.0481. The first-order valence-electron chi connectivity index (χ1n) is 22.1. The molecule has 0 aromatic carbocycles. The summed E-state index contributed by atoms with van der Waals surface area (Å²) in [6.45, 7) is 16.5. The van der Waals surface area contributed by atoms with E-state index in [2.05, 4.69) is 44.4 Å². The molecule has 0 N–H and O–H groups in total. The Morgan fingerprint density at radius 1 is 0.408 bits per heavy atom. The molecular weight excluding hydrogens is 604 g/mol. The lowest BCUT2D eigenvalue weighted by atomic mass is 10.1. The van der Waals surface area contributed by atoms with Crippen molar-refractivity contribution in [1.29, 1.82) is 0 Å². The molecule has 0 radical (unpaired) electrons. The highest BCUT2D eigenvalue weighted by molar-refractivity contribution is 6.04. The Morgan fingerprint density at radius 3 is 1.08 bits per heavy atom. The van der Waals surface area contributed by atoms with Crippen LogP contribution in [0, 0.1) is 0 Å². The van der Waals surface area contributed by atoms with E-state index in [0.29, 0.717) is 13.3 Å². The van der Waals surface area contributed by atoms with Gasteiger partial charge in [0.1, 0.15) is 6.04 Å². The Labute approximate surface area is 306 Å². The molecule has 1 saturated heterocycles. The summed E-state index contributed by atoms with van der Waals surface area (Å²) in [6, 6.07) is -0.330. The third kappa shape index (κ3) is 22.4. The van der Waals surface area contributed by atoms with E-state index < -0.39 is 0 Å². The van der Waals surface area contributed by atoms with Crippen LogP contribution in [0.3, 0.4) is 0 Å². The second-order valence-electron chi connectivity index (χ2n) is 15.5. The number of carbonyl (C=O) groups excluding carboxylic acids is 2. The smallest absolute Gasteiger partial charge is 0.299 e. The Morgan fingerprint density at radius 2 is 0.714 bits per heavy atom. The Kier molecular flexibility index (Phi) is 30.7. The third-order valence-electron chi connectivity index (χ3n) is 10.7. The Hall–Kier alpha value is -1.14. The van der Waals surface area contributed by atoms with Crippen molar-refractivity contribution in [2.75, 3.05) is 39.5 Å². The summed E-state index contributed by atoms with van der Waals surface area (Å²) < 4.78 is 0. The normalized spacial score (nSPS) is 15.2. The zero-order chi connectivity index (χ0) is 35.8. The maximum absolute atomic E-state index is 14.3. The third-order valence-corrected chi connectivity index (χ3v) is 10.7. The molecule has 1 rings (SSSR count). The van der Waals surface area contributed by atoms with Crippen LogP contribution in [-0.2, 0) is 4.79 Å². The number of rotatable bonds is 37. The van der Waals surface area contributed by atoms with E-state index in [1.807, 2.05) is 4.90 Å². The van der Waals surface area contributed by atoms with Gasteiger partial charge in [-0.05, 0) is 58.3 Å². The van der Waals surface area contributed by atoms with E-state index >= 15 is 0 Å². The van der Waals surface area contributed by atoms with Crippen molar-refractivity contribution in [3.63, 3.8) is 0 Å². The molecule has 1 aliphatic rings. The van der Waals surface area contributed by atoms with Gasteiger partial charge in [-0.1, -0.05) is 189 Å². The maximum atomic E-state index is 14.3. The number of amides is 3. The van der Waals surface area contributed by atoms with Crippen molar-refractivity contribution >= 4 is 11.9 Å². The van der Waals surface area contributed by atoms with Crippen LogP contribution in [-0.4, -0.2) is 77.1 Å². The van der Waals surface area contributed by atoms with Crippen molar-refractivity contribution in [1.82, 2.24) is 19.6 Å². The van der Waals surface area contributed by atoms with Gasteiger partial charge in [0.25, 0.3) is 5.91 Å². The molecule has 0 saturated carbocycles. The van der Waals surface area contributed by atoms with Gasteiger partial charge in [-0.25, -0.2) is 9.69 Å². The van der Waals surface area contributed by atoms with Gasteiger partial charge < -0.3 is 0 Å². The van der Waals surface area contributed by atoms with Crippen molar-refractivity contribution in [2.45, 2.75) is 227 Å². The number of hydrogen-bond acceptors (Lipinski definition) is 4. The Balaban J connectivity index is 3.01. The molecule has 1 heterocycles. The second-order valence-corrected chi connectivity index (χ2v) is 15.5. The highest BCUT2D eigenvalue weighted by atomic mass is 16.2. The van der Waals surface area contributed by atoms with Crippen LogP contribution in [0.25, 0.3) is 0 Å². The molecule has 0 aliphatic carbocycles. The first-order chi connectivity index (χ1) is 24.0. The molecule has 1 unspecified atom stereocenters. The second kappa shape index (κ2) is 32.7.